The van der Waals surface area contributed by atoms with Crippen LogP contribution in [0.3, 0.4) is 0 Å². The van der Waals surface area contributed by atoms with E-state index in [0.717, 1.165) is 11.1 Å². The quantitative estimate of drug-likeness (QED) is 0.528. The maximum atomic E-state index is 13.0. The molecule has 0 unspecified atom stereocenters. The van der Waals surface area contributed by atoms with Crippen LogP contribution in [0.4, 0.5) is 5.13 Å². The molecule has 0 radical (unpaired) electrons. The Labute approximate surface area is 131 Å². The number of hydrogen-bond acceptors (Lipinski definition) is 7. The van der Waals surface area contributed by atoms with Crippen LogP contribution in [0.1, 0.15) is 29.6 Å². The Kier molecular flexibility index (Phi) is 3.52. The molecule has 1 aliphatic carbocycles. The van der Waals surface area contributed by atoms with E-state index in [-0.39, 0.29) is 5.78 Å². The van der Waals surface area contributed by atoms with Crippen LogP contribution in [0.25, 0.3) is 10.2 Å². The van der Waals surface area contributed by atoms with Gasteiger partial charge in [-0.2, -0.15) is 0 Å². The van der Waals surface area contributed by atoms with Crippen molar-refractivity contribution in [1.29, 1.82) is 0 Å². The third-order valence-corrected chi connectivity index (χ3v) is 5.01. The van der Waals surface area contributed by atoms with Crippen LogP contribution in [0.2, 0.25) is 0 Å². The lowest BCUT2D eigenvalue weighted by Gasteiger charge is -2.37. The Hall–Kier alpha value is -2.15. The molecule has 6 nitrogen and oxygen atoms in total. The van der Waals surface area contributed by atoms with Gasteiger partial charge in [0.05, 0.1) is 24.4 Å². The molecule has 1 aliphatic rings. The number of Topliss-reactive ketones (excluding diaryl/α,β-unsaturated/α-hetero) is 1. The fourth-order valence-corrected chi connectivity index (χ4v) is 3.61. The Balaban J connectivity index is 2.16. The van der Waals surface area contributed by atoms with E-state index in [1.54, 1.807) is 12.1 Å². The van der Waals surface area contributed by atoms with E-state index in [9.17, 15) is 9.59 Å². The summed E-state index contributed by atoms with van der Waals surface area (Å²) in [6.45, 7) is 0. The second-order valence-corrected chi connectivity index (χ2v) is 6.39. The van der Waals surface area contributed by atoms with E-state index >= 15 is 0 Å². The van der Waals surface area contributed by atoms with Crippen molar-refractivity contribution in [3.8, 4) is 5.75 Å². The zero-order chi connectivity index (χ0) is 15.9. The number of nitrogen functional groups attached to an aromatic ring is 1. The van der Waals surface area contributed by atoms with Gasteiger partial charge in [-0.15, -0.1) is 0 Å². The number of fused-ring (bicyclic) bond motifs is 1. The third kappa shape index (κ3) is 2.04. The number of methoxy groups -OCH3 is 2. The minimum Gasteiger partial charge on any atom is -0.497 e. The molecule has 0 spiro atoms. The van der Waals surface area contributed by atoms with Gasteiger partial charge in [-0.05, 0) is 25.0 Å². The number of ether oxygens (including phenoxy) is 2. The summed E-state index contributed by atoms with van der Waals surface area (Å²) in [5.74, 6) is -0.207. The minimum atomic E-state index is -1.09. The number of anilines is 1. The molecule has 0 aliphatic heterocycles. The van der Waals surface area contributed by atoms with Crippen LogP contribution in [-0.4, -0.2) is 31.0 Å². The number of thiazole rings is 1. The molecule has 2 aromatic rings. The number of hydrogen-bond donors (Lipinski definition) is 1. The third-order valence-electron chi connectivity index (χ3n) is 4.18. The molecule has 7 heteroatoms. The van der Waals surface area contributed by atoms with Gasteiger partial charge in [0.1, 0.15) is 11.2 Å². The van der Waals surface area contributed by atoms with Gasteiger partial charge in [-0.3, -0.25) is 9.59 Å². The molecule has 2 N–H and O–H groups in total. The average molecular weight is 320 g/mol. The average Bonchev–Trinajstić information content (AvgIpc) is 2.84. The molecular formula is C15H16N2O4S. The van der Waals surface area contributed by atoms with Crippen LogP contribution in [0.5, 0.6) is 5.75 Å². The first-order chi connectivity index (χ1) is 10.5. The zero-order valence-corrected chi connectivity index (χ0v) is 13.2. The fourth-order valence-electron chi connectivity index (χ4n) is 2.82. The molecule has 1 fully saturated rings. The smallest absolute Gasteiger partial charge is 0.319 e. The van der Waals surface area contributed by atoms with Crippen LogP contribution in [0, 0.1) is 5.41 Å². The van der Waals surface area contributed by atoms with E-state index in [1.807, 2.05) is 0 Å². The monoisotopic (exact) mass is 320 g/mol. The number of nitrogens with zero attached hydrogens (tertiary/aromatic N) is 1. The molecule has 0 bridgehead atoms. The fraction of sp³-hybridized carbons (Fsp3) is 0.400. The predicted molar refractivity (Wildman–Crippen MR) is 83.2 cm³/mol. The number of ketones is 1. The van der Waals surface area contributed by atoms with Crippen molar-refractivity contribution in [2.45, 2.75) is 19.3 Å². The summed E-state index contributed by atoms with van der Waals surface area (Å²) in [6, 6.07) is 3.40. The van der Waals surface area contributed by atoms with Crippen LogP contribution in [0.15, 0.2) is 12.1 Å². The zero-order valence-electron chi connectivity index (χ0n) is 12.3. The van der Waals surface area contributed by atoms with E-state index in [2.05, 4.69) is 4.98 Å². The molecule has 3 rings (SSSR count). The van der Waals surface area contributed by atoms with Crippen molar-refractivity contribution in [3.63, 3.8) is 0 Å². The minimum absolute atomic E-state index is 0.264. The van der Waals surface area contributed by atoms with Gasteiger partial charge in [0.25, 0.3) is 0 Å². The van der Waals surface area contributed by atoms with Crippen LogP contribution >= 0.6 is 11.3 Å². The van der Waals surface area contributed by atoms with Crippen molar-refractivity contribution in [3.05, 3.63) is 17.7 Å². The maximum Gasteiger partial charge on any atom is 0.319 e. The number of aromatic nitrogens is 1. The lowest BCUT2D eigenvalue weighted by atomic mass is 9.64. The number of benzene rings is 1. The molecule has 1 heterocycles. The van der Waals surface area contributed by atoms with Gasteiger partial charge < -0.3 is 15.2 Å². The van der Waals surface area contributed by atoms with E-state index in [0.29, 0.717) is 34.8 Å². The molecule has 1 aromatic heterocycles. The predicted octanol–water partition coefficient (Wildman–Crippen LogP) is 2.41. The second-order valence-electron chi connectivity index (χ2n) is 5.33. The number of rotatable bonds is 4. The molecular weight excluding hydrogens is 304 g/mol. The molecule has 22 heavy (non-hydrogen) atoms. The molecule has 1 saturated carbocycles. The largest absolute Gasteiger partial charge is 0.497 e. The molecule has 0 amide bonds. The highest BCUT2D eigenvalue weighted by Crippen LogP contribution is 2.46. The van der Waals surface area contributed by atoms with E-state index in [4.69, 9.17) is 15.2 Å². The maximum absolute atomic E-state index is 13.0. The number of nitrogens with two attached hydrogens (primary N) is 1. The summed E-state index contributed by atoms with van der Waals surface area (Å²) < 4.78 is 10.8. The summed E-state index contributed by atoms with van der Waals surface area (Å²) in [5, 5.41) is 0.373. The number of carbonyl (C=O) groups excluding carboxylic acids is 2. The molecule has 0 saturated heterocycles. The summed E-state index contributed by atoms with van der Waals surface area (Å²) >= 11 is 1.28. The van der Waals surface area contributed by atoms with Crippen LogP contribution < -0.4 is 10.5 Å². The molecule has 116 valence electrons. The Bertz CT molecular complexity index is 764. The number of esters is 1. The van der Waals surface area contributed by atoms with Crippen molar-refractivity contribution < 1.29 is 19.1 Å². The Morgan fingerprint density at radius 1 is 1.32 bits per heavy atom. The Morgan fingerprint density at radius 3 is 2.59 bits per heavy atom. The second kappa shape index (κ2) is 5.24. The molecule has 0 atom stereocenters. The lowest BCUT2D eigenvalue weighted by Crippen LogP contribution is -2.46. The van der Waals surface area contributed by atoms with Gasteiger partial charge in [0.2, 0.25) is 0 Å². The summed E-state index contributed by atoms with van der Waals surface area (Å²) in [4.78, 5) is 29.4. The highest BCUT2D eigenvalue weighted by molar-refractivity contribution is 7.22. The van der Waals surface area contributed by atoms with E-state index in [1.165, 1.54) is 25.6 Å². The van der Waals surface area contributed by atoms with Crippen molar-refractivity contribution in [2.24, 2.45) is 5.41 Å². The topological polar surface area (TPSA) is 91.5 Å². The van der Waals surface area contributed by atoms with Gasteiger partial charge in [0.15, 0.2) is 10.9 Å². The first-order valence-electron chi connectivity index (χ1n) is 6.89. The van der Waals surface area contributed by atoms with Gasteiger partial charge >= 0.3 is 5.97 Å². The van der Waals surface area contributed by atoms with E-state index < -0.39 is 11.4 Å². The van der Waals surface area contributed by atoms with Crippen molar-refractivity contribution in [1.82, 2.24) is 4.98 Å². The first kappa shape index (κ1) is 14.8. The molecule has 1 aromatic carbocycles. The van der Waals surface area contributed by atoms with Gasteiger partial charge in [-0.25, -0.2) is 4.98 Å². The van der Waals surface area contributed by atoms with Crippen LogP contribution in [-0.2, 0) is 9.53 Å². The standard InChI is InChI=1S/C15H16N2O4S/c1-20-8-6-9(11-10(7-8)22-14(16)17-11)12(18)15(4-3-5-15)13(19)21-2/h6-7H,3-5H2,1-2H3,(H2,16,17). The summed E-state index contributed by atoms with van der Waals surface area (Å²) in [5.41, 5.74) is 5.55. The van der Waals surface area contributed by atoms with Gasteiger partial charge in [-0.1, -0.05) is 17.8 Å². The van der Waals surface area contributed by atoms with Crippen molar-refractivity contribution >= 4 is 38.4 Å². The number of carbonyl (C=O) groups is 2. The SMILES string of the molecule is COC(=O)C1(C(=O)c2cc(OC)cc3sc(N)nc23)CCC1. The first-order valence-corrected chi connectivity index (χ1v) is 7.71. The highest BCUT2D eigenvalue weighted by atomic mass is 32.1. The van der Waals surface area contributed by atoms with Crippen molar-refractivity contribution in [2.75, 3.05) is 20.0 Å². The summed E-state index contributed by atoms with van der Waals surface area (Å²) in [6.07, 6.45) is 1.82. The normalized spacial score (nSPS) is 16.1. The van der Waals surface area contributed by atoms with Gasteiger partial charge in [0, 0.05) is 5.56 Å². The lowest BCUT2D eigenvalue weighted by molar-refractivity contribution is -0.153. The Morgan fingerprint density at radius 2 is 2.05 bits per heavy atom. The summed E-state index contributed by atoms with van der Waals surface area (Å²) in [7, 11) is 2.83. The highest BCUT2D eigenvalue weighted by Gasteiger charge is 2.52.